The Hall–Kier alpha value is -3.36. The first-order valence-electron chi connectivity index (χ1n) is 9.89. The molecule has 9 heteroatoms. The van der Waals surface area contributed by atoms with Crippen LogP contribution in [0.5, 0.6) is 11.5 Å². The van der Waals surface area contributed by atoms with E-state index in [2.05, 4.69) is 15.2 Å². The summed E-state index contributed by atoms with van der Waals surface area (Å²) in [6.45, 7) is 6.87. The van der Waals surface area contributed by atoms with Crippen molar-refractivity contribution in [3.63, 3.8) is 0 Å². The lowest BCUT2D eigenvalue weighted by atomic mass is 10.1. The van der Waals surface area contributed by atoms with Crippen molar-refractivity contribution in [1.29, 1.82) is 0 Å². The number of nitrogens with one attached hydrogen (secondary N) is 1. The Balaban J connectivity index is 1.79. The maximum Gasteiger partial charge on any atom is 0.230 e. The van der Waals surface area contributed by atoms with Crippen molar-refractivity contribution in [3.05, 3.63) is 29.7 Å². The minimum absolute atomic E-state index is 0.0171. The molecule has 4 rings (SSSR count). The van der Waals surface area contributed by atoms with E-state index in [1.807, 2.05) is 32.0 Å². The monoisotopic (exact) mass is 410 g/mol. The highest BCUT2D eigenvalue weighted by Gasteiger charge is 2.28. The van der Waals surface area contributed by atoms with Crippen molar-refractivity contribution in [2.75, 3.05) is 32.2 Å². The Labute approximate surface area is 175 Å². The lowest BCUT2D eigenvalue weighted by Gasteiger charge is -2.18. The van der Waals surface area contributed by atoms with E-state index in [0.717, 1.165) is 41.4 Å². The second kappa shape index (κ2) is 7.81. The number of fused-ring (bicyclic) bond motifs is 1. The molecule has 0 unspecified atom stereocenters. The summed E-state index contributed by atoms with van der Waals surface area (Å²) < 4.78 is 12.6. The van der Waals surface area contributed by atoms with Gasteiger partial charge in [0, 0.05) is 31.6 Å². The van der Waals surface area contributed by atoms with Gasteiger partial charge in [-0.15, -0.1) is 0 Å². The van der Waals surface area contributed by atoms with Gasteiger partial charge in [0.1, 0.15) is 5.82 Å². The summed E-state index contributed by atoms with van der Waals surface area (Å²) in [5.74, 6) is 2.71. The van der Waals surface area contributed by atoms with E-state index < -0.39 is 0 Å². The standard InChI is InChI=1S/C21H26N6O3/c1-12-19(15-6-7-17(29-4)18(10-15)30-5)20-22-13(2)23-21(27(20)25-12)26-9-8-16(11-26)24-14(3)28/h6-7,10,16H,8-9,11H2,1-5H3,(H,24,28)/t16-/m1/s1. The van der Waals surface area contributed by atoms with Crippen LogP contribution in [0.25, 0.3) is 16.8 Å². The fraction of sp³-hybridized carbons (Fsp3) is 0.429. The molecule has 1 aliphatic rings. The van der Waals surface area contributed by atoms with Gasteiger partial charge in [-0.3, -0.25) is 4.79 Å². The van der Waals surface area contributed by atoms with Crippen molar-refractivity contribution in [2.24, 2.45) is 0 Å². The highest BCUT2D eigenvalue weighted by Crippen LogP contribution is 2.36. The lowest BCUT2D eigenvalue weighted by Crippen LogP contribution is -2.36. The van der Waals surface area contributed by atoms with Gasteiger partial charge in [0.05, 0.1) is 19.9 Å². The molecule has 30 heavy (non-hydrogen) atoms. The quantitative estimate of drug-likeness (QED) is 0.689. The molecule has 1 aromatic carbocycles. The molecule has 0 bridgehead atoms. The fourth-order valence-electron chi connectivity index (χ4n) is 4.01. The molecular formula is C21H26N6O3. The van der Waals surface area contributed by atoms with E-state index in [1.165, 1.54) is 0 Å². The van der Waals surface area contributed by atoms with Crippen LogP contribution in [0.1, 0.15) is 24.9 Å². The first kappa shape index (κ1) is 19.9. The van der Waals surface area contributed by atoms with Crippen LogP contribution in [-0.2, 0) is 4.79 Å². The third-order valence-electron chi connectivity index (χ3n) is 5.31. The smallest absolute Gasteiger partial charge is 0.230 e. The SMILES string of the molecule is COc1ccc(-c2c(C)nn3c(N4CC[C@@H](NC(C)=O)C4)nc(C)nc23)cc1OC. The van der Waals surface area contributed by atoms with Crippen molar-refractivity contribution in [2.45, 2.75) is 33.2 Å². The second-order valence-electron chi connectivity index (χ2n) is 7.47. The third-order valence-corrected chi connectivity index (χ3v) is 5.31. The second-order valence-corrected chi connectivity index (χ2v) is 7.47. The van der Waals surface area contributed by atoms with Gasteiger partial charge in [0.25, 0.3) is 0 Å². The largest absolute Gasteiger partial charge is 0.493 e. The summed E-state index contributed by atoms with van der Waals surface area (Å²) in [7, 11) is 3.24. The van der Waals surface area contributed by atoms with Gasteiger partial charge in [0.15, 0.2) is 17.1 Å². The van der Waals surface area contributed by atoms with E-state index in [0.29, 0.717) is 23.9 Å². The number of carbonyl (C=O) groups is 1. The number of hydrogen-bond donors (Lipinski definition) is 1. The van der Waals surface area contributed by atoms with Crippen LogP contribution in [0.3, 0.4) is 0 Å². The van der Waals surface area contributed by atoms with E-state index in [1.54, 1.807) is 25.7 Å². The number of aromatic nitrogens is 4. The first-order chi connectivity index (χ1) is 14.4. The predicted molar refractivity (Wildman–Crippen MR) is 113 cm³/mol. The summed E-state index contributed by atoms with van der Waals surface area (Å²) in [4.78, 5) is 22.9. The molecule has 1 aliphatic heterocycles. The van der Waals surface area contributed by atoms with Crippen LogP contribution in [-0.4, -0.2) is 58.8 Å². The number of benzene rings is 1. The van der Waals surface area contributed by atoms with Crippen LogP contribution in [0, 0.1) is 13.8 Å². The molecule has 3 heterocycles. The van der Waals surface area contributed by atoms with Gasteiger partial charge in [-0.25, -0.2) is 4.98 Å². The van der Waals surface area contributed by atoms with E-state index in [4.69, 9.17) is 19.6 Å². The molecule has 2 aromatic heterocycles. The summed E-state index contributed by atoms with van der Waals surface area (Å²) in [5, 5.41) is 7.74. The molecule has 1 saturated heterocycles. The van der Waals surface area contributed by atoms with E-state index in [-0.39, 0.29) is 11.9 Å². The van der Waals surface area contributed by atoms with Gasteiger partial charge in [-0.2, -0.15) is 14.6 Å². The minimum atomic E-state index is -0.0171. The topological polar surface area (TPSA) is 93.9 Å². The van der Waals surface area contributed by atoms with Crippen LogP contribution in [0.4, 0.5) is 5.95 Å². The van der Waals surface area contributed by atoms with Crippen LogP contribution < -0.4 is 19.7 Å². The predicted octanol–water partition coefficient (Wildman–Crippen LogP) is 2.14. The van der Waals surface area contributed by atoms with Gasteiger partial charge >= 0.3 is 0 Å². The number of amides is 1. The zero-order valence-electron chi connectivity index (χ0n) is 17.9. The number of carbonyl (C=O) groups excluding carboxylic acids is 1. The molecule has 0 radical (unpaired) electrons. The average molecular weight is 410 g/mol. The summed E-state index contributed by atoms with van der Waals surface area (Å²) in [5.41, 5.74) is 3.47. The number of anilines is 1. The average Bonchev–Trinajstić information content (AvgIpc) is 3.30. The Morgan fingerprint density at radius 3 is 2.63 bits per heavy atom. The third kappa shape index (κ3) is 3.51. The molecule has 1 atom stereocenters. The molecule has 1 amide bonds. The Morgan fingerprint density at radius 1 is 1.17 bits per heavy atom. The zero-order chi connectivity index (χ0) is 21.4. The molecule has 158 valence electrons. The number of methoxy groups -OCH3 is 2. The molecule has 9 nitrogen and oxygen atoms in total. The highest BCUT2D eigenvalue weighted by atomic mass is 16.5. The zero-order valence-corrected chi connectivity index (χ0v) is 17.9. The fourth-order valence-corrected chi connectivity index (χ4v) is 4.01. The molecule has 0 saturated carbocycles. The van der Waals surface area contributed by atoms with Gasteiger partial charge < -0.3 is 19.7 Å². The molecule has 3 aromatic rings. The van der Waals surface area contributed by atoms with Crippen molar-refractivity contribution < 1.29 is 14.3 Å². The van der Waals surface area contributed by atoms with Gasteiger partial charge in [0.2, 0.25) is 11.9 Å². The number of ether oxygens (including phenoxy) is 2. The minimum Gasteiger partial charge on any atom is -0.493 e. The summed E-state index contributed by atoms with van der Waals surface area (Å²) in [6, 6.07) is 5.90. The molecule has 1 N–H and O–H groups in total. The van der Waals surface area contributed by atoms with E-state index >= 15 is 0 Å². The molecular weight excluding hydrogens is 384 g/mol. The van der Waals surface area contributed by atoms with Crippen LogP contribution in [0.2, 0.25) is 0 Å². The summed E-state index contributed by atoms with van der Waals surface area (Å²) in [6.07, 6.45) is 0.868. The Kier molecular flexibility index (Phi) is 5.19. The maximum atomic E-state index is 11.4. The van der Waals surface area contributed by atoms with Crippen molar-refractivity contribution in [3.8, 4) is 22.6 Å². The van der Waals surface area contributed by atoms with E-state index in [9.17, 15) is 4.79 Å². The molecule has 0 aliphatic carbocycles. The lowest BCUT2D eigenvalue weighted by molar-refractivity contribution is -0.119. The van der Waals surface area contributed by atoms with Crippen LogP contribution in [0.15, 0.2) is 18.2 Å². The van der Waals surface area contributed by atoms with Gasteiger partial charge in [-0.05, 0) is 38.0 Å². The number of hydrogen-bond acceptors (Lipinski definition) is 7. The number of nitrogens with zero attached hydrogens (tertiary/aromatic N) is 5. The number of rotatable bonds is 5. The molecule has 0 spiro atoms. The van der Waals surface area contributed by atoms with Crippen LogP contribution >= 0.6 is 0 Å². The molecule has 1 fully saturated rings. The highest BCUT2D eigenvalue weighted by molar-refractivity contribution is 5.82. The normalized spacial score (nSPS) is 16.2. The maximum absolute atomic E-state index is 11.4. The Bertz CT molecular complexity index is 1110. The van der Waals surface area contributed by atoms with Crippen molar-refractivity contribution in [1.82, 2.24) is 24.9 Å². The first-order valence-corrected chi connectivity index (χ1v) is 9.89. The van der Waals surface area contributed by atoms with Crippen molar-refractivity contribution >= 4 is 17.5 Å². The van der Waals surface area contributed by atoms with Gasteiger partial charge in [-0.1, -0.05) is 6.07 Å². The number of aryl methyl sites for hydroxylation is 2. The Morgan fingerprint density at radius 2 is 1.93 bits per heavy atom. The summed E-state index contributed by atoms with van der Waals surface area (Å²) >= 11 is 0.